The van der Waals surface area contributed by atoms with Crippen LogP contribution in [0.2, 0.25) is 0 Å². The third-order valence-corrected chi connectivity index (χ3v) is 2.60. The zero-order chi connectivity index (χ0) is 9.84. The van der Waals surface area contributed by atoms with Crippen LogP contribution >= 0.6 is 31.9 Å². The molecular weight excluding hydrogens is 296 g/mol. The summed E-state index contributed by atoms with van der Waals surface area (Å²) in [6.45, 7) is 0. The molecule has 64 valence electrons. The number of nitrogens with zero attached hydrogens (tertiary/aromatic N) is 2. The Kier molecular flexibility index (Phi) is 3.48. The van der Waals surface area contributed by atoms with E-state index in [9.17, 15) is 0 Å². The lowest BCUT2D eigenvalue weighted by Crippen LogP contribution is -1.90. The molecule has 0 atom stereocenters. The molecule has 0 bridgehead atoms. The molecule has 0 aliphatic carbocycles. The summed E-state index contributed by atoms with van der Waals surface area (Å²) in [6, 6.07) is 7.65. The molecule has 0 unspecified atom stereocenters. The monoisotopic (exact) mass is 298 g/mol. The van der Waals surface area contributed by atoms with Gasteiger partial charge in [0.15, 0.2) is 0 Å². The smallest absolute Gasteiger partial charge is 0.101 e. The van der Waals surface area contributed by atoms with E-state index in [-0.39, 0.29) is 6.42 Å². The fourth-order valence-electron chi connectivity index (χ4n) is 0.977. The maximum atomic E-state index is 8.81. The normalized spacial score (nSPS) is 8.92. The lowest BCUT2D eigenvalue weighted by atomic mass is 10.1. The van der Waals surface area contributed by atoms with Crippen LogP contribution in [0.5, 0.6) is 0 Å². The fourth-order valence-corrected chi connectivity index (χ4v) is 2.38. The maximum absolute atomic E-state index is 8.81. The van der Waals surface area contributed by atoms with Gasteiger partial charge in [0, 0.05) is 8.95 Å². The first kappa shape index (κ1) is 10.2. The second-order valence-corrected chi connectivity index (χ2v) is 4.14. The molecule has 1 aromatic rings. The lowest BCUT2D eigenvalue weighted by molar-refractivity contribution is 1.23. The van der Waals surface area contributed by atoms with Crippen molar-refractivity contribution >= 4 is 31.9 Å². The van der Waals surface area contributed by atoms with E-state index in [4.69, 9.17) is 10.5 Å². The Bertz CT molecular complexity index is 413. The predicted molar refractivity (Wildman–Crippen MR) is 55.9 cm³/mol. The van der Waals surface area contributed by atoms with Crippen LogP contribution in [0.25, 0.3) is 0 Å². The third-order valence-electron chi connectivity index (χ3n) is 1.52. The van der Waals surface area contributed by atoms with Crippen molar-refractivity contribution in [2.24, 2.45) is 0 Å². The van der Waals surface area contributed by atoms with Gasteiger partial charge >= 0.3 is 0 Å². The zero-order valence-corrected chi connectivity index (χ0v) is 9.68. The number of benzene rings is 1. The number of halogens is 2. The van der Waals surface area contributed by atoms with E-state index < -0.39 is 0 Å². The Hall–Kier alpha value is -0.840. The highest BCUT2D eigenvalue weighted by molar-refractivity contribution is 9.11. The van der Waals surface area contributed by atoms with Crippen molar-refractivity contribution in [3.63, 3.8) is 0 Å². The van der Waals surface area contributed by atoms with Crippen LogP contribution < -0.4 is 0 Å². The van der Waals surface area contributed by atoms with Crippen LogP contribution in [-0.2, 0) is 6.42 Å². The Morgan fingerprint density at radius 1 is 1.23 bits per heavy atom. The quantitative estimate of drug-likeness (QED) is 0.800. The summed E-state index contributed by atoms with van der Waals surface area (Å²) in [7, 11) is 0. The lowest BCUT2D eigenvalue weighted by Gasteiger charge is -2.02. The summed E-state index contributed by atoms with van der Waals surface area (Å²) < 4.78 is 1.58. The maximum Gasteiger partial charge on any atom is 0.101 e. The van der Waals surface area contributed by atoms with Gasteiger partial charge in [0.05, 0.1) is 18.1 Å². The van der Waals surface area contributed by atoms with Gasteiger partial charge in [0.2, 0.25) is 0 Å². The second-order valence-electron chi connectivity index (χ2n) is 2.37. The fraction of sp³-hybridized carbons (Fsp3) is 0.111. The zero-order valence-electron chi connectivity index (χ0n) is 6.51. The van der Waals surface area contributed by atoms with Gasteiger partial charge in [-0.1, -0.05) is 15.9 Å². The molecule has 2 nitrogen and oxygen atoms in total. The van der Waals surface area contributed by atoms with Crippen molar-refractivity contribution in [2.45, 2.75) is 6.42 Å². The van der Waals surface area contributed by atoms with Gasteiger partial charge in [-0.3, -0.25) is 0 Å². The molecule has 0 aliphatic heterocycles. The van der Waals surface area contributed by atoms with Crippen molar-refractivity contribution in [2.75, 3.05) is 0 Å². The van der Waals surface area contributed by atoms with Crippen LogP contribution in [0, 0.1) is 22.7 Å². The molecule has 4 heteroatoms. The molecule has 0 spiro atoms. The minimum absolute atomic E-state index is 0.251. The van der Waals surface area contributed by atoms with Gasteiger partial charge in [-0.2, -0.15) is 10.5 Å². The highest BCUT2D eigenvalue weighted by Gasteiger charge is 2.07. The Morgan fingerprint density at radius 2 is 1.92 bits per heavy atom. The van der Waals surface area contributed by atoms with E-state index >= 15 is 0 Å². The number of nitriles is 2. The Labute approximate surface area is 93.0 Å². The summed E-state index contributed by atoms with van der Waals surface area (Å²) >= 11 is 6.56. The summed E-state index contributed by atoms with van der Waals surface area (Å²) in [5, 5.41) is 17.3. The summed E-state index contributed by atoms with van der Waals surface area (Å²) in [4.78, 5) is 0. The van der Waals surface area contributed by atoms with Gasteiger partial charge in [-0.25, -0.2) is 0 Å². The summed E-state index contributed by atoms with van der Waals surface area (Å²) in [5.41, 5.74) is 1.27. The highest BCUT2D eigenvalue weighted by atomic mass is 79.9. The topological polar surface area (TPSA) is 47.6 Å². The van der Waals surface area contributed by atoms with Gasteiger partial charge in [0.25, 0.3) is 0 Å². The van der Waals surface area contributed by atoms with Crippen molar-refractivity contribution in [1.29, 1.82) is 10.5 Å². The molecule has 0 N–H and O–H groups in total. The van der Waals surface area contributed by atoms with Crippen molar-refractivity contribution in [3.8, 4) is 12.1 Å². The predicted octanol–water partition coefficient (Wildman–Crippen LogP) is 3.15. The second kappa shape index (κ2) is 4.41. The average Bonchev–Trinajstić information content (AvgIpc) is 2.04. The molecule has 0 aromatic heterocycles. The average molecular weight is 300 g/mol. The number of hydrogen-bond donors (Lipinski definition) is 0. The molecule has 1 aromatic carbocycles. The molecule has 0 radical (unpaired) electrons. The molecule has 13 heavy (non-hydrogen) atoms. The molecular formula is C9H4Br2N2. The van der Waals surface area contributed by atoms with E-state index in [0.717, 1.165) is 14.5 Å². The molecule has 0 amide bonds. The van der Waals surface area contributed by atoms with E-state index in [1.807, 2.05) is 6.07 Å². The molecule has 0 heterocycles. The molecule has 0 saturated carbocycles. The van der Waals surface area contributed by atoms with Crippen LogP contribution in [0.4, 0.5) is 0 Å². The molecule has 1 rings (SSSR count). The molecule has 0 saturated heterocycles. The van der Waals surface area contributed by atoms with Crippen LogP contribution in [0.15, 0.2) is 21.1 Å². The minimum Gasteiger partial charge on any atom is -0.198 e. The first-order valence-corrected chi connectivity index (χ1v) is 5.02. The largest absolute Gasteiger partial charge is 0.198 e. The van der Waals surface area contributed by atoms with Gasteiger partial charge in [-0.05, 0) is 33.6 Å². The first-order valence-electron chi connectivity index (χ1n) is 3.44. The highest BCUT2D eigenvalue weighted by Crippen LogP contribution is 2.25. The summed E-state index contributed by atoms with van der Waals surface area (Å²) in [6.07, 6.45) is 0.251. The van der Waals surface area contributed by atoms with E-state index in [0.29, 0.717) is 5.56 Å². The van der Waals surface area contributed by atoms with Gasteiger partial charge < -0.3 is 0 Å². The minimum atomic E-state index is 0.251. The Morgan fingerprint density at radius 3 is 2.46 bits per heavy atom. The van der Waals surface area contributed by atoms with Crippen LogP contribution in [0.3, 0.4) is 0 Å². The first-order chi connectivity index (χ1) is 6.19. The molecule has 0 fully saturated rings. The Balaban J connectivity index is 3.33. The van der Waals surface area contributed by atoms with Gasteiger partial charge in [-0.15, -0.1) is 0 Å². The van der Waals surface area contributed by atoms with E-state index in [1.165, 1.54) is 0 Å². The molecule has 0 aliphatic rings. The van der Waals surface area contributed by atoms with Crippen molar-refractivity contribution < 1.29 is 0 Å². The third kappa shape index (κ3) is 2.30. The van der Waals surface area contributed by atoms with Gasteiger partial charge in [0.1, 0.15) is 6.07 Å². The van der Waals surface area contributed by atoms with Crippen LogP contribution in [0.1, 0.15) is 11.1 Å². The summed E-state index contributed by atoms with van der Waals surface area (Å²) in [5.74, 6) is 0. The number of rotatable bonds is 1. The van der Waals surface area contributed by atoms with Crippen molar-refractivity contribution in [1.82, 2.24) is 0 Å². The van der Waals surface area contributed by atoms with E-state index in [2.05, 4.69) is 37.9 Å². The van der Waals surface area contributed by atoms with Crippen molar-refractivity contribution in [3.05, 3.63) is 32.2 Å². The standard InChI is InChI=1S/C9H4Br2N2/c10-7-3-6(1-2-12)8(5-13)9(11)4-7/h3-4H,1H2. The van der Waals surface area contributed by atoms with E-state index in [1.54, 1.807) is 12.1 Å². The van der Waals surface area contributed by atoms with Crippen LogP contribution in [-0.4, -0.2) is 0 Å². The number of hydrogen-bond acceptors (Lipinski definition) is 2. The SMILES string of the molecule is N#CCc1cc(Br)cc(Br)c1C#N.